The molecule has 0 aliphatic carbocycles. The van der Waals surface area contributed by atoms with E-state index in [-0.39, 0.29) is 12.5 Å². The quantitative estimate of drug-likeness (QED) is 0.555. The Balaban J connectivity index is 2.47. The second kappa shape index (κ2) is 7.73. The smallest absolute Gasteiger partial charge is 0.268 e. The highest BCUT2D eigenvalue weighted by molar-refractivity contribution is 5.97. The van der Waals surface area contributed by atoms with E-state index in [9.17, 15) is 19.6 Å². The zero-order valence-electron chi connectivity index (χ0n) is 13.8. The number of rotatable bonds is 5. The van der Waals surface area contributed by atoms with Gasteiger partial charge in [-0.2, -0.15) is 0 Å². The standard InChI is InChI=1S/C16H23N3O4/c1-11(15(22)19(23)16(2,3)4)18-13(20)10-17-14(21)12-8-6-5-7-9-12/h5-9,11,23H,10H2,1-4H3,(H,17,21)(H,18,20)/t11-/m1/s1. The molecular weight excluding hydrogens is 298 g/mol. The van der Waals surface area contributed by atoms with Crippen molar-refractivity contribution in [2.24, 2.45) is 0 Å². The average Bonchev–Trinajstić information content (AvgIpc) is 2.50. The van der Waals surface area contributed by atoms with E-state index in [2.05, 4.69) is 10.6 Å². The molecule has 1 aromatic rings. The summed E-state index contributed by atoms with van der Waals surface area (Å²) in [5, 5.41) is 15.2. The Hall–Kier alpha value is -2.41. The van der Waals surface area contributed by atoms with Crippen molar-refractivity contribution < 1.29 is 19.6 Å². The van der Waals surface area contributed by atoms with Gasteiger partial charge in [-0.15, -0.1) is 0 Å². The maximum absolute atomic E-state index is 12.0. The molecule has 0 radical (unpaired) electrons. The lowest BCUT2D eigenvalue weighted by Gasteiger charge is -2.31. The van der Waals surface area contributed by atoms with E-state index in [0.717, 1.165) is 0 Å². The number of hydroxylamine groups is 2. The van der Waals surface area contributed by atoms with Gasteiger partial charge in [-0.3, -0.25) is 19.6 Å². The van der Waals surface area contributed by atoms with Gasteiger partial charge < -0.3 is 10.6 Å². The summed E-state index contributed by atoms with van der Waals surface area (Å²) in [6.45, 7) is 6.21. The molecule has 7 heteroatoms. The monoisotopic (exact) mass is 321 g/mol. The van der Waals surface area contributed by atoms with Crippen molar-refractivity contribution >= 4 is 17.7 Å². The minimum Gasteiger partial charge on any atom is -0.343 e. The lowest BCUT2D eigenvalue weighted by Crippen LogP contribution is -2.53. The predicted molar refractivity (Wildman–Crippen MR) is 84.8 cm³/mol. The summed E-state index contributed by atoms with van der Waals surface area (Å²) in [4.78, 5) is 35.5. The highest BCUT2D eigenvalue weighted by Gasteiger charge is 2.29. The molecule has 1 atom stereocenters. The van der Waals surface area contributed by atoms with E-state index in [1.54, 1.807) is 51.1 Å². The van der Waals surface area contributed by atoms with Gasteiger partial charge in [0.05, 0.1) is 12.1 Å². The first kappa shape index (κ1) is 18.6. The summed E-state index contributed by atoms with van der Waals surface area (Å²) < 4.78 is 0. The van der Waals surface area contributed by atoms with Gasteiger partial charge >= 0.3 is 0 Å². The van der Waals surface area contributed by atoms with Gasteiger partial charge in [0, 0.05) is 5.56 Å². The van der Waals surface area contributed by atoms with Gasteiger partial charge in [0.1, 0.15) is 6.04 Å². The number of benzene rings is 1. The Labute approximate surface area is 135 Å². The zero-order chi connectivity index (χ0) is 17.6. The maximum atomic E-state index is 12.0. The van der Waals surface area contributed by atoms with Crippen LogP contribution in [0.3, 0.4) is 0 Å². The van der Waals surface area contributed by atoms with E-state index in [4.69, 9.17) is 0 Å². The number of carbonyl (C=O) groups excluding carboxylic acids is 3. The molecule has 1 aromatic carbocycles. The minimum atomic E-state index is -0.902. The van der Waals surface area contributed by atoms with Crippen molar-refractivity contribution in [3.63, 3.8) is 0 Å². The second-order valence-corrected chi connectivity index (χ2v) is 6.16. The van der Waals surface area contributed by atoms with Gasteiger partial charge in [-0.05, 0) is 39.8 Å². The van der Waals surface area contributed by atoms with Gasteiger partial charge in [-0.1, -0.05) is 18.2 Å². The third-order valence-electron chi connectivity index (χ3n) is 3.04. The fourth-order valence-electron chi connectivity index (χ4n) is 1.72. The van der Waals surface area contributed by atoms with Gasteiger partial charge in [-0.25, -0.2) is 5.06 Å². The molecule has 1 rings (SSSR count). The van der Waals surface area contributed by atoms with Crippen LogP contribution in [0.1, 0.15) is 38.1 Å². The number of nitrogens with zero attached hydrogens (tertiary/aromatic N) is 1. The van der Waals surface area contributed by atoms with Crippen LogP contribution >= 0.6 is 0 Å². The van der Waals surface area contributed by atoms with E-state index in [1.807, 2.05) is 0 Å². The number of carbonyl (C=O) groups is 3. The van der Waals surface area contributed by atoms with Crippen LogP contribution in [0, 0.1) is 0 Å². The van der Waals surface area contributed by atoms with Crippen LogP contribution in [0.5, 0.6) is 0 Å². The van der Waals surface area contributed by atoms with Crippen molar-refractivity contribution in [2.45, 2.75) is 39.3 Å². The predicted octanol–water partition coefficient (Wildman–Crippen LogP) is 0.937. The fraction of sp³-hybridized carbons (Fsp3) is 0.438. The molecule has 0 fully saturated rings. The SMILES string of the molecule is C[C@@H](NC(=O)CNC(=O)c1ccccc1)C(=O)N(O)C(C)(C)C. The van der Waals surface area contributed by atoms with Crippen LogP contribution in [-0.2, 0) is 9.59 Å². The Morgan fingerprint density at radius 1 is 1.17 bits per heavy atom. The number of hydrogen-bond acceptors (Lipinski definition) is 4. The molecule has 3 amide bonds. The minimum absolute atomic E-state index is 0.258. The number of hydrogen-bond donors (Lipinski definition) is 3. The van der Waals surface area contributed by atoms with Crippen LogP contribution < -0.4 is 10.6 Å². The van der Waals surface area contributed by atoms with Crippen LogP contribution in [0.2, 0.25) is 0 Å². The average molecular weight is 321 g/mol. The largest absolute Gasteiger partial charge is 0.343 e. The normalized spacial score (nSPS) is 12.2. The van der Waals surface area contributed by atoms with Crippen LogP contribution in [0.25, 0.3) is 0 Å². The Morgan fingerprint density at radius 3 is 2.26 bits per heavy atom. The molecule has 0 saturated heterocycles. The molecule has 0 aliphatic rings. The molecule has 0 spiro atoms. The van der Waals surface area contributed by atoms with Gasteiger partial charge in [0.25, 0.3) is 11.8 Å². The molecule has 0 aliphatic heterocycles. The first-order valence-corrected chi connectivity index (χ1v) is 7.28. The van der Waals surface area contributed by atoms with Gasteiger partial charge in [0.2, 0.25) is 5.91 Å². The summed E-state index contributed by atoms with van der Waals surface area (Å²) in [5.41, 5.74) is -0.323. The summed E-state index contributed by atoms with van der Waals surface area (Å²) in [7, 11) is 0. The second-order valence-electron chi connectivity index (χ2n) is 6.16. The molecule has 0 unspecified atom stereocenters. The van der Waals surface area contributed by atoms with Crippen molar-refractivity contribution in [3.8, 4) is 0 Å². The van der Waals surface area contributed by atoms with Crippen LogP contribution in [-0.4, -0.2) is 46.1 Å². The molecule has 23 heavy (non-hydrogen) atoms. The summed E-state index contributed by atoms with van der Waals surface area (Å²) in [6, 6.07) is 7.59. The topological polar surface area (TPSA) is 98.7 Å². The molecule has 3 N–H and O–H groups in total. The molecule has 0 aromatic heterocycles. The number of nitrogens with one attached hydrogen (secondary N) is 2. The van der Waals surface area contributed by atoms with Crippen LogP contribution in [0.4, 0.5) is 0 Å². The van der Waals surface area contributed by atoms with E-state index in [1.165, 1.54) is 6.92 Å². The lowest BCUT2D eigenvalue weighted by molar-refractivity contribution is -0.189. The van der Waals surface area contributed by atoms with E-state index >= 15 is 0 Å². The summed E-state index contributed by atoms with van der Waals surface area (Å²) in [6.07, 6.45) is 0. The van der Waals surface area contributed by atoms with E-state index in [0.29, 0.717) is 10.6 Å². The Bertz CT molecular complexity index is 566. The molecule has 0 saturated carbocycles. The highest BCUT2D eigenvalue weighted by Crippen LogP contribution is 2.11. The molecule has 0 heterocycles. The third kappa shape index (κ3) is 5.71. The first-order valence-electron chi connectivity index (χ1n) is 7.28. The van der Waals surface area contributed by atoms with Crippen molar-refractivity contribution in [3.05, 3.63) is 35.9 Å². The van der Waals surface area contributed by atoms with Crippen molar-refractivity contribution in [2.75, 3.05) is 6.54 Å². The number of amides is 3. The Morgan fingerprint density at radius 2 is 1.74 bits per heavy atom. The maximum Gasteiger partial charge on any atom is 0.268 e. The molecule has 7 nitrogen and oxygen atoms in total. The zero-order valence-corrected chi connectivity index (χ0v) is 13.8. The molecular formula is C16H23N3O4. The van der Waals surface area contributed by atoms with Gasteiger partial charge in [0.15, 0.2) is 0 Å². The summed E-state index contributed by atoms with van der Waals surface area (Å²) >= 11 is 0. The van der Waals surface area contributed by atoms with Crippen molar-refractivity contribution in [1.29, 1.82) is 0 Å². The summed E-state index contributed by atoms with van der Waals surface area (Å²) in [5.74, 6) is -1.52. The first-order chi connectivity index (χ1) is 10.6. The fourth-order valence-corrected chi connectivity index (χ4v) is 1.72. The molecule has 0 bridgehead atoms. The molecule has 126 valence electrons. The third-order valence-corrected chi connectivity index (χ3v) is 3.04. The Kier molecular flexibility index (Phi) is 6.27. The highest BCUT2D eigenvalue weighted by atomic mass is 16.5. The lowest BCUT2D eigenvalue weighted by atomic mass is 10.1. The van der Waals surface area contributed by atoms with E-state index < -0.39 is 23.4 Å². The van der Waals surface area contributed by atoms with Crippen LogP contribution in [0.15, 0.2) is 30.3 Å². The van der Waals surface area contributed by atoms with Crippen molar-refractivity contribution in [1.82, 2.24) is 15.7 Å².